The second-order valence-corrected chi connectivity index (χ2v) is 6.76. The molecule has 0 aromatic carbocycles. The van der Waals surface area contributed by atoms with Crippen LogP contribution in [0.15, 0.2) is 20.9 Å². The zero-order chi connectivity index (χ0) is 14.9. The van der Waals surface area contributed by atoms with Crippen molar-refractivity contribution in [2.45, 2.75) is 25.3 Å². The van der Waals surface area contributed by atoms with Crippen molar-refractivity contribution in [3.63, 3.8) is 0 Å². The summed E-state index contributed by atoms with van der Waals surface area (Å²) in [5.74, 6) is -0.607. The van der Waals surface area contributed by atoms with Crippen molar-refractivity contribution in [2.24, 2.45) is 0 Å². The molecule has 0 aliphatic heterocycles. The molecule has 2 rings (SSSR count). The van der Waals surface area contributed by atoms with Gasteiger partial charge in [-0.3, -0.25) is 0 Å². The highest BCUT2D eigenvalue weighted by Gasteiger charge is 2.19. The van der Waals surface area contributed by atoms with E-state index in [0.717, 1.165) is 17.4 Å². The molecule has 0 unspecified atom stereocenters. The summed E-state index contributed by atoms with van der Waals surface area (Å²) in [5, 5.41) is 13.8. The fraction of sp³-hybridized carbons (Fsp3) is 0.273. The number of carboxylic acid groups (broad SMARTS) is 1. The van der Waals surface area contributed by atoms with E-state index in [9.17, 15) is 13.2 Å². The monoisotopic (exact) mass is 316 g/mol. The van der Waals surface area contributed by atoms with Crippen LogP contribution in [0.25, 0.3) is 0 Å². The van der Waals surface area contributed by atoms with Gasteiger partial charge in [0.15, 0.2) is 0 Å². The van der Waals surface area contributed by atoms with Crippen molar-refractivity contribution in [3.05, 3.63) is 33.3 Å². The highest BCUT2D eigenvalue weighted by atomic mass is 32.2. The van der Waals surface area contributed by atoms with Crippen LogP contribution in [0, 0.1) is 13.8 Å². The number of aromatic carboxylic acids is 1. The standard InChI is InChI=1S/C11H12N2O5S2/c1-6-9(7(2)18-13-6)4-12-20(16,17)8-3-10(11(14)15)19-5-8/h3,5,12H,4H2,1-2H3,(H,14,15). The van der Waals surface area contributed by atoms with Crippen molar-refractivity contribution < 1.29 is 22.8 Å². The number of sulfonamides is 1. The number of hydrogen-bond acceptors (Lipinski definition) is 6. The first-order valence-corrected chi connectivity index (χ1v) is 7.91. The van der Waals surface area contributed by atoms with Crippen molar-refractivity contribution >= 4 is 27.3 Å². The summed E-state index contributed by atoms with van der Waals surface area (Å²) >= 11 is 0.865. The third kappa shape index (κ3) is 2.89. The Bertz CT molecular complexity index is 725. The lowest BCUT2D eigenvalue weighted by Crippen LogP contribution is -2.23. The third-order valence-corrected chi connectivity index (χ3v) is 5.16. The molecule has 2 N–H and O–H groups in total. The van der Waals surface area contributed by atoms with Crippen molar-refractivity contribution in [1.29, 1.82) is 0 Å². The Morgan fingerprint density at radius 1 is 1.50 bits per heavy atom. The van der Waals surface area contributed by atoms with Crippen LogP contribution in [0.4, 0.5) is 0 Å². The third-order valence-electron chi connectivity index (χ3n) is 2.72. The van der Waals surface area contributed by atoms with Gasteiger partial charge >= 0.3 is 5.97 Å². The maximum absolute atomic E-state index is 12.0. The van der Waals surface area contributed by atoms with Gasteiger partial charge in [-0.05, 0) is 19.9 Å². The van der Waals surface area contributed by atoms with Gasteiger partial charge in [-0.15, -0.1) is 11.3 Å². The summed E-state index contributed by atoms with van der Waals surface area (Å²) in [5.41, 5.74) is 1.28. The van der Waals surface area contributed by atoms with E-state index in [1.54, 1.807) is 13.8 Å². The van der Waals surface area contributed by atoms with Crippen LogP contribution in [0.2, 0.25) is 0 Å². The van der Waals surface area contributed by atoms with Crippen LogP contribution in [0.5, 0.6) is 0 Å². The van der Waals surface area contributed by atoms with Gasteiger partial charge in [0.1, 0.15) is 10.6 Å². The minimum absolute atomic E-state index is 0.0253. The van der Waals surface area contributed by atoms with Gasteiger partial charge in [0.25, 0.3) is 0 Å². The molecular formula is C11H12N2O5S2. The van der Waals surface area contributed by atoms with Crippen molar-refractivity contribution in [1.82, 2.24) is 9.88 Å². The molecule has 0 fully saturated rings. The normalized spacial score (nSPS) is 11.7. The average Bonchev–Trinajstić information content (AvgIpc) is 2.96. The lowest BCUT2D eigenvalue weighted by atomic mass is 10.2. The Morgan fingerprint density at radius 2 is 2.20 bits per heavy atom. The predicted octanol–water partition coefficient (Wildman–Crippen LogP) is 1.53. The van der Waals surface area contributed by atoms with E-state index >= 15 is 0 Å². The molecule has 2 aromatic rings. The van der Waals surface area contributed by atoms with E-state index in [0.29, 0.717) is 17.0 Å². The Labute approximate surface area is 119 Å². The van der Waals surface area contributed by atoms with E-state index in [-0.39, 0.29) is 16.3 Å². The highest BCUT2D eigenvalue weighted by Crippen LogP contribution is 2.20. The van der Waals surface area contributed by atoms with Gasteiger partial charge < -0.3 is 9.63 Å². The number of nitrogens with zero attached hydrogens (tertiary/aromatic N) is 1. The molecule has 0 aliphatic carbocycles. The Morgan fingerprint density at radius 3 is 2.70 bits per heavy atom. The van der Waals surface area contributed by atoms with Gasteiger partial charge in [0.2, 0.25) is 10.0 Å². The maximum Gasteiger partial charge on any atom is 0.345 e. The molecule has 0 aliphatic rings. The molecule has 2 aromatic heterocycles. The second kappa shape index (κ2) is 5.35. The van der Waals surface area contributed by atoms with Crippen LogP contribution in [0.1, 0.15) is 26.7 Å². The summed E-state index contributed by atoms with van der Waals surface area (Å²) in [6, 6.07) is 1.13. The summed E-state index contributed by atoms with van der Waals surface area (Å²) in [6.45, 7) is 3.45. The van der Waals surface area contributed by atoms with Gasteiger partial charge in [-0.1, -0.05) is 5.16 Å². The first-order valence-electron chi connectivity index (χ1n) is 5.54. The average molecular weight is 316 g/mol. The summed E-state index contributed by atoms with van der Waals surface area (Å²) in [4.78, 5) is 10.7. The lowest BCUT2D eigenvalue weighted by molar-refractivity contribution is 0.0702. The molecule has 108 valence electrons. The molecule has 0 atom stereocenters. The van der Waals surface area contributed by atoms with E-state index in [1.807, 2.05) is 0 Å². The summed E-state index contributed by atoms with van der Waals surface area (Å²) in [6.07, 6.45) is 0. The first kappa shape index (κ1) is 14.7. The zero-order valence-corrected chi connectivity index (χ0v) is 12.3. The van der Waals surface area contributed by atoms with Crippen molar-refractivity contribution in [2.75, 3.05) is 0 Å². The predicted molar refractivity (Wildman–Crippen MR) is 71.3 cm³/mol. The summed E-state index contributed by atoms with van der Waals surface area (Å²) < 4.78 is 31.4. The number of nitrogens with one attached hydrogen (secondary N) is 1. The molecule has 2 heterocycles. The lowest BCUT2D eigenvalue weighted by Gasteiger charge is -2.04. The molecule has 0 saturated heterocycles. The topological polar surface area (TPSA) is 110 Å². The molecule has 0 radical (unpaired) electrons. The Hall–Kier alpha value is -1.71. The second-order valence-electron chi connectivity index (χ2n) is 4.08. The number of aromatic nitrogens is 1. The van der Waals surface area contributed by atoms with E-state index in [4.69, 9.17) is 9.63 Å². The largest absolute Gasteiger partial charge is 0.477 e. The summed E-state index contributed by atoms with van der Waals surface area (Å²) in [7, 11) is -3.75. The van der Waals surface area contributed by atoms with Crippen molar-refractivity contribution in [3.8, 4) is 0 Å². The molecular weight excluding hydrogens is 304 g/mol. The van der Waals surface area contributed by atoms with E-state index in [1.165, 1.54) is 5.38 Å². The number of carboxylic acids is 1. The van der Waals surface area contributed by atoms with E-state index in [2.05, 4.69) is 9.88 Å². The molecule has 20 heavy (non-hydrogen) atoms. The van der Waals surface area contributed by atoms with Gasteiger partial charge in [-0.25, -0.2) is 17.9 Å². The number of hydrogen-bond donors (Lipinski definition) is 2. The van der Waals surface area contributed by atoms with Crippen LogP contribution in [-0.4, -0.2) is 24.7 Å². The molecule has 0 amide bonds. The first-order chi connectivity index (χ1) is 9.31. The fourth-order valence-electron chi connectivity index (χ4n) is 1.58. The Balaban J connectivity index is 2.17. The maximum atomic E-state index is 12.0. The number of rotatable bonds is 5. The number of thiophene rings is 1. The Kier molecular flexibility index (Phi) is 3.93. The fourth-order valence-corrected chi connectivity index (χ4v) is 3.68. The zero-order valence-electron chi connectivity index (χ0n) is 10.7. The van der Waals surface area contributed by atoms with Crippen LogP contribution >= 0.6 is 11.3 Å². The number of carbonyl (C=O) groups is 1. The van der Waals surface area contributed by atoms with E-state index < -0.39 is 16.0 Å². The van der Waals surface area contributed by atoms with Crippen LogP contribution in [0.3, 0.4) is 0 Å². The quantitative estimate of drug-likeness (QED) is 0.865. The molecule has 0 saturated carbocycles. The van der Waals surface area contributed by atoms with Crippen LogP contribution in [-0.2, 0) is 16.6 Å². The molecule has 0 bridgehead atoms. The molecule has 7 nitrogen and oxygen atoms in total. The highest BCUT2D eigenvalue weighted by molar-refractivity contribution is 7.89. The van der Waals surface area contributed by atoms with Gasteiger partial charge in [0, 0.05) is 17.5 Å². The molecule has 0 spiro atoms. The van der Waals surface area contributed by atoms with Crippen LogP contribution < -0.4 is 4.72 Å². The minimum atomic E-state index is -3.75. The SMILES string of the molecule is Cc1noc(C)c1CNS(=O)(=O)c1csc(C(=O)O)c1. The minimum Gasteiger partial charge on any atom is -0.477 e. The molecule has 9 heteroatoms. The smallest absolute Gasteiger partial charge is 0.345 e. The van der Waals surface area contributed by atoms with Gasteiger partial charge in [0.05, 0.1) is 10.6 Å². The number of aryl methyl sites for hydroxylation is 2. The van der Waals surface area contributed by atoms with Gasteiger partial charge in [-0.2, -0.15) is 0 Å².